The summed E-state index contributed by atoms with van der Waals surface area (Å²) >= 11 is 0. The Morgan fingerprint density at radius 2 is 2.12 bits per heavy atom. The van der Waals surface area contributed by atoms with E-state index in [-0.39, 0.29) is 5.91 Å². The molecule has 0 bridgehead atoms. The van der Waals surface area contributed by atoms with Crippen molar-refractivity contribution in [1.82, 2.24) is 14.8 Å². The molecule has 0 saturated carbocycles. The first-order valence-corrected chi connectivity index (χ1v) is 8.71. The van der Waals surface area contributed by atoms with Gasteiger partial charge < -0.3 is 19.5 Å². The summed E-state index contributed by atoms with van der Waals surface area (Å²) in [6, 6.07) is 7.86. The van der Waals surface area contributed by atoms with Crippen molar-refractivity contribution in [2.24, 2.45) is 5.92 Å². The summed E-state index contributed by atoms with van der Waals surface area (Å²) in [7, 11) is 3.67. The molecule has 2 aromatic rings. The number of ether oxygens (including phenoxy) is 1. The molecule has 2 heterocycles. The highest BCUT2D eigenvalue weighted by Gasteiger charge is 2.22. The number of nitrogens with zero attached hydrogens (tertiary/aromatic N) is 2. The number of amides is 1. The van der Waals surface area contributed by atoms with Gasteiger partial charge in [0, 0.05) is 49.9 Å². The van der Waals surface area contributed by atoms with E-state index in [1.54, 1.807) is 7.11 Å². The van der Waals surface area contributed by atoms with Crippen molar-refractivity contribution < 1.29 is 9.53 Å². The minimum Gasteiger partial charge on any atom is -0.383 e. The number of rotatable bonds is 6. The van der Waals surface area contributed by atoms with Crippen LogP contribution in [0.4, 0.5) is 0 Å². The van der Waals surface area contributed by atoms with Gasteiger partial charge in [0.1, 0.15) is 0 Å². The number of nitrogens with one attached hydrogen (secondary N) is 1. The van der Waals surface area contributed by atoms with Crippen LogP contribution in [0.1, 0.15) is 23.2 Å². The molecular weight excluding hydrogens is 302 g/mol. The molecule has 1 aromatic heterocycles. The SMILES string of the molecule is COCCN1CCC(CN(C)C(=O)c2ccc3[nH]ccc3c2)CC1. The third-order valence-electron chi connectivity index (χ3n) is 5.00. The summed E-state index contributed by atoms with van der Waals surface area (Å²) in [5.74, 6) is 0.702. The van der Waals surface area contributed by atoms with E-state index >= 15 is 0 Å². The number of aromatic nitrogens is 1. The van der Waals surface area contributed by atoms with Gasteiger partial charge in [0.25, 0.3) is 5.91 Å². The fourth-order valence-electron chi connectivity index (χ4n) is 3.49. The predicted molar refractivity (Wildman–Crippen MR) is 96.3 cm³/mol. The molecule has 3 rings (SSSR count). The fraction of sp³-hybridized carbons (Fsp3) is 0.526. The zero-order chi connectivity index (χ0) is 16.9. The van der Waals surface area contributed by atoms with Gasteiger partial charge in [0.05, 0.1) is 6.61 Å². The van der Waals surface area contributed by atoms with Crippen LogP contribution >= 0.6 is 0 Å². The molecule has 0 aliphatic carbocycles. The first kappa shape index (κ1) is 17.0. The van der Waals surface area contributed by atoms with Crippen molar-refractivity contribution in [2.75, 3.05) is 46.9 Å². The molecular formula is C19H27N3O2. The van der Waals surface area contributed by atoms with E-state index in [1.165, 1.54) is 0 Å². The Morgan fingerprint density at radius 1 is 1.33 bits per heavy atom. The Bertz CT molecular complexity index is 674. The van der Waals surface area contributed by atoms with E-state index in [4.69, 9.17) is 4.74 Å². The summed E-state index contributed by atoms with van der Waals surface area (Å²) in [6.07, 6.45) is 4.20. The standard InChI is InChI=1S/C19H27N3O2/c1-21(14-15-6-9-22(10-7-15)11-12-24-2)19(23)17-3-4-18-16(13-17)5-8-20-18/h3-5,8,13,15,20H,6-7,9-12,14H2,1-2H3. The van der Waals surface area contributed by atoms with E-state index in [0.29, 0.717) is 5.92 Å². The average Bonchev–Trinajstić information content (AvgIpc) is 3.08. The van der Waals surface area contributed by atoms with Crippen LogP contribution in [-0.2, 0) is 4.74 Å². The zero-order valence-corrected chi connectivity index (χ0v) is 14.6. The van der Waals surface area contributed by atoms with Gasteiger partial charge >= 0.3 is 0 Å². The van der Waals surface area contributed by atoms with Gasteiger partial charge in [-0.15, -0.1) is 0 Å². The van der Waals surface area contributed by atoms with Crippen molar-refractivity contribution in [1.29, 1.82) is 0 Å². The molecule has 1 amide bonds. The molecule has 1 aromatic carbocycles. The lowest BCUT2D eigenvalue weighted by atomic mass is 9.96. The highest BCUT2D eigenvalue weighted by atomic mass is 16.5. The molecule has 5 heteroatoms. The summed E-state index contributed by atoms with van der Waals surface area (Å²) < 4.78 is 5.14. The number of carbonyl (C=O) groups is 1. The maximum Gasteiger partial charge on any atom is 0.253 e. The largest absolute Gasteiger partial charge is 0.383 e. The Hall–Kier alpha value is -1.85. The van der Waals surface area contributed by atoms with E-state index in [9.17, 15) is 4.79 Å². The second-order valence-corrected chi connectivity index (χ2v) is 6.74. The molecule has 0 spiro atoms. The van der Waals surface area contributed by atoms with Crippen LogP contribution in [0.3, 0.4) is 0 Å². The molecule has 5 nitrogen and oxygen atoms in total. The van der Waals surface area contributed by atoms with Gasteiger partial charge in [0.15, 0.2) is 0 Å². The molecule has 0 unspecified atom stereocenters. The first-order valence-electron chi connectivity index (χ1n) is 8.71. The number of methoxy groups -OCH3 is 1. The number of benzene rings is 1. The Morgan fingerprint density at radius 3 is 2.88 bits per heavy atom. The molecule has 1 aliphatic rings. The van der Waals surface area contributed by atoms with Gasteiger partial charge in [-0.3, -0.25) is 4.79 Å². The second-order valence-electron chi connectivity index (χ2n) is 6.74. The molecule has 24 heavy (non-hydrogen) atoms. The van der Waals surface area contributed by atoms with E-state index in [1.807, 2.05) is 42.4 Å². The van der Waals surface area contributed by atoms with Crippen molar-refractivity contribution >= 4 is 16.8 Å². The lowest BCUT2D eigenvalue weighted by Crippen LogP contribution is -2.40. The number of carbonyl (C=O) groups excluding carboxylic acids is 1. The second kappa shape index (κ2) is 7.81. The van der Waals surface area contributed by atoms with E-state index in [2.05, 4.69) is 9.88 Å². The van der Waals surface area contributed by atoms with Gasteiger partial charge in [-0.1, -0.05) is 0 Å². The topological polar surface area (TPSA) is 48.6 Å². The Kier molecular flexibility index (Phi) is 5.53. The number of piperidine rings is 1. The average molecular weight is 329 g/mol. The van der Waals surface area contributed by atoms with Crippen LogP contribution in [0.2, 0.25) is 0 Å². The van der Waals surface area contributed by atoms with Crippen LogP contribution in [0.25, 0.3) is 10.9 Å². The number of fused-ring (bicyclic) bond motifs is 1. The van der Waals surface area contributed by atoms with Gasteiger partial charge in [0.2, 0.25) is 0 Å². The first-order chi connectivity index (χ1) is 11.7. The Balaban J connectivity index is 1.53. The van der Waals surface area contributed by atoms with Gasteiger partial charge in [-0.2, -0.15) is 0 Å². The van der Waals surface area contributed by atoms with Crippen LogP contribution < -0.4 is 0 Å². The van der Waals surface area contributed by atoms with Gasteiger partial charge in [-0.25, -0.2) is 0 Å². The van der Waals surface area contributed by atoms with Crippen molar-refractivity contribution in [3.05, 3.63) is 36.0 Å². The van der Waals surface area contributed by atoms with Crippen LogP contribution in [0, 0.1) is 5.92 Å². The van der Waals surface area contributed by atoms with E-state index < -0.39 is 0 Å². The molecule has 0 radical (unpaired) electrons. The third kappa shape index (κ3) is 3.97. The summed E-state index contributed by atoms with van der Waals surface area (Å²) in [5.41, 5.74) is 1.83. The molecule has 1 saturated heterocycles. The smallest absolute Gasteiger partial charge is 0.253 e. The summed E-state index contributed by atoms with van der Waals surface area (Å²) in [4.78, 5) is 20.2. The lowest BCUT2D eigenvalue weighted by Gasteiger charge is -2.33. The minimum absolute atomic E-state index is 0.111. The van der Waals surface area contributed by atoms with Crippen molar-refractivity contribution in [2.45, 2.75) is 12.8 Å². The number of aromatic amines is 1. The fourth-order valence-corrected chi connectivity index (χ4v) is 3.49. The van der Waals surface area contributed by atoms with Crippen LogP contribution in [0.5, 0.6) is 0 Å². The minimum atomic E-state index is 0.111. The predicted octanol–water partition coefficient (Wildman–Crippen LogP) is 2.60. The Labute approximate surface area is 143 Å². The third-order valence-corrected chi connectivity index (χ3v) is 5.00. The van der Waals surface area contributed by atoms with Crippen LogP contribution in [-0.4, -0.2) is 67.6 Å². The number of H-pyrrole nitrogens is 1. The molecule has 1 fully saturated rings. The normalized spacial score (nSPS) is 16.6. The summed E-state index contributed by atoms with van der Waals surface area (Å²) in [6.45, 7) is 4.85. The monoisotopic (exact) mass is 329 g/mol. The number of hydrogen-bond acceptors (Lipinski definition) is 3. The number of hydrogen-bond donors (Lipinski definition) is 1. The lowest BCUT2D eigenvalue weighted by molar-refractivity contribution is 0.0724. The maximum atomic E-state index is 12.7. The van der Waals surface area contributed by atoms with Crippen molar-refractivity contribution in [3.63, 3.8) is 0 Å². The van der Waals surface area contributed by atoms with Crippen molar-refractivity contribution in [3.8, 4) is 0 Å². The number of likely N-dealkylation sites (tertiary alicyclic amines) is 1. The molecule has 1 aliphatic heterocycles. The molecule has 0 atom stereocenters. The highest BCUT2D eigenvalue weighted by molar-refractivity contribution is 5.97. The molecule has 1 N–H and O–H groups in total. The van der Waals surface area contributed by atoms with Crippen LogP contribution in [0.15, 0.2) is 30.5 Å². The zero-order valence-electron chi connectivity index (χ0n) is 14.6. The quantitative estimate of drug-likeness (QED) is 0.886. The maximum absolute atomic E-state index is 12.7. The molecule has 130 valence electrons. The summed E-state index contributed by atoms with van der Waals surface area (Å²) in [5, 5.41) is 1.08. The van der Waals surface area contributed by atoms with Gasteiger partial charge in [-0.05, 0) is 56.1 Å². The highest BCUT2D eigenvalue weighted by Crippen LogP contribution is 2.20. The van der Waals surface area contributed by atoms with E-state index in [0.717, 1.165) is 62.1 Å².